The van der Waals surface area contributed by atoms with Crippen molar-refractivity contribution in [2.24, 2.45) is 0 Å². The van der Waals surface area contributed by atoms with Crippen LogP contribution in [0.25, 0.3) is 20.4 Å². The molecule has 0 unspecified atom stereocenters. The highest BCUT2D eigenvalue weighted by atomic mass is 32.2. The van der Waals surface area contributed by atoms with E-state index in [1.54, 1.807) is 46.2 Å². The first kappa shape index (κ1) is 20.1. The van der Waals surface area contributed by atoms with E-state index < -0.39 is 0 Å². The van der Waals surface area contributed by atoms with E-state index in [1.807, 2.05) is 12.1 Å². The van der Waals surface area contributed by atoms with Gasteiger partial charge in [-0.25, -0.2) is 9.97 Å². The second-order valence-corrected chi connectivity index (χ2v) is 10.6. The number of hydrogen-bond donors (Lipinski definition) is 0. The van der Waals surface area contributed by atoms with E-state index in [4.69, 9.17) is 9.47 Å². The lowest BCUT2D eigenvalue weighted by atomic mass is 10.3. The van der Waals surface area contributed by atoms with E-state index in [0.717, 1.165) is 31.2 Å². The molecule has 4 nitrogen and oxygen atoms in total. The van der Waals surface area contributed by atoms with Crippen molar-refractivity contribution in [2.75, 3.05) is 37.9 Å². The minimum atomic E-state index is 0.631. The van der Waals surface area contributed by atoms with Crippen LogP contribution in [0.2, 0.25) is 0 Å². The van der Waals surface area contributed by atoms with E-state index in [0.29, 0.717) is 26.4 Å². The average molecular weight is 449 g/mol. The summed E-state index contributed by atoms with van der Waals surface area (Å²) in [6.45, 7) is 2.69. The maximum Gasteiger partial charge on any atom is 0.151 e. The predicted molar refractivity (Wildman–Crippen MR) is 122 cm³/mol. The molecule has 4 rings (SSSR count). The predicted octanol–water partition coefficient (Wildman–Crippen LogP) is 5.82. The van der Waals surface area contributed by atoms with Gasteiger partial charge in [0.25, 0.3) is 0 Å². The molecular formula is C20H20N2O2S4. The first-order valence-electron chi connectivity index (χ1n) is 9.01. The third-order valence-corrected chi connectivity index (χ3v) is 8.11. The second kappa shape index (κ2) is 10.6. The molecule has 0 saturated carbocycles. The summed E-state index contributed by atoms with van der Waals surface area (Å²) in [6.07, 6.45) is 0. The van der Waals surface area contributed by atoms with Crippen molar-refractivity contribution in [3.63, 3.8) is 0 Å². The van der Waals surface area contributed by atoms with Gasteiger partial charge in [0.1, 0.15) is 0 Å². The Morgan fingerprint density at radius 3 is 1.57 bits per heavy atom. The van der Waals surface area contributed by atoms with E-state index in [-0.39, 0.29) is 0 Å². The molecule has 2 aromatic carbocycles. The van der Waals surface area contributed by atoms with Crippen LogP contribution in [0.3, 0.4) is 0 Å². The number of thiazole rings is 2. The van der Waals surface area contributed by atoms with Crippen LogP contribution >= 0.6 is 46.2 Å². The molecule has 0 bridgehead atoms. The van der Waals surface area contributed by atoms with Crippen LogP contribution < -0.4 is 0 Å². The lowest BCUT2D eigenvalue weighted by Crippen LogP contribution is -2.08. The van der Waals surface area contributed by atoms with E-state index >= 15 is 0 Å². The first-order valence-corrected chi connectivity index (χ1v) is 12.6. The number of benzene rings is 2. The third-order valence-electron chi connectivity index (χ3n) is 3.83. The summed E-state index contributed by atoms with van der Waals surface area (Å²) in [4.78, 5) is 9.23. The van der Waals surface area contributed by atoms with Crippen LogP contribution in [0.5, 0.6) is 0 Å². The van der Waals surface area contributed by atoms with Gasteiger partial charge in [0, 0.05) is 11.5 Å². The number of thioether (sulfide) groups is 2. The fourth-order valence-electron chi connectivity index (χ4n) is 2.52. The summed E-state index contributed by atoms with van der Waals surface area (Å²) in [7, 11) is 0. The number of aromatic nitrogens is 2. The molecule has 0 fully saturated rings. The van der Waals surface area contributed by atoms with Gasteiger partial charge in [0.2, 0.25) is 0 Å². The smallest absolute Gasteiger partial charge is 0.151 e. The zero-order valence-electron chi connectivity index (χ0n) is 15.2. The lowest BCUT2D eigenvalue weighted by molar-refractivity contribution is 0.0605. The van der Waals surface area contributed by atoms with Crippen molar-refractivity contribution in [1.82, 2.24) is 9.97 Å². The maximum atomic E-state index is 5.65. The van der Waals surface area contributed by atoms with Gasteiger partial charge in [-0.05, 0) is 24.3 Å². The Hall–Kier alpha value is -1.16. The van der Waals surface area contributed by atoms with Crippen molar-refractivity contribution >= 4 is 66.6 Å². The monoisotopic (exact) mass is 448 g/mol. The summed E-state index contributed by atoms with van der Waals surface area (Å²) in [5, 5.41) is 0. The van der Waals surface area contributed by atoms with Crippen LogP contribution in [-0.4, -0.2) is 47.9 Å². The molecule has 0 spiro atoms. The minimum Gasteiger partial charge on any atom is -0.378 e. The van der Waals surface area contributed by atoms with Crippen LogP contribution in [-0.2, 0) is 9.47 Å². The first-order chi connectivity index (χ1) is 13.9. The molecule has 0 atom stereocenters. The number of hydrogen-bond acceptors (Lipinski definition) is 8. The Morgan fingerprint density at radius 2 is 1.11 bits per heavy atom. The zero-order valence-corrected chi connectivity index (χ0v) is 18.5. The highest BCUT2D eigenvalue weighted by Crippen LogP contribution is 2.30. The van der Waals surface area contributed by atoms with Gasteiger partial charge in [-0.3, -0.25) is 0 Å². The van der Waals surface area contributed by atoms with Crippen molar-refractivity contribution in [2.45, 2.75) is 8.68 Å². The van der Waals surface area contributed by atoms with Gasteiger partial charge in [-0.1, -0.05) is 47.8 Å². The molecule has 0 radical (unpaired) electrons. The maximum absolute atomic E-state index is 5.65. The Labute approximate surface area is 180 Å². The second-order valence-electron chi connectivity index (χ2n) is 5.82. The average Bonchev–Trinajstić information content (AvgIpc) is 3.32. The summed E-state index contributed by atoms with van der Waals surface area (Å²) in [6, 6.07) is 16.5. The van der Waals surface area contributed by atoms with Crippen LogP contribution in [0.4, 0.5) is 0 Å². The Kier molecular flexibility index (Phi) is 7.60. The number of ether oxygens (including phenoxy) is 2. The van der Waals surface area contributed by atoms with Crippen molar-refractivity contribution < 1.29 is 9.47 Å². The molecule has 0 saturated heterocycles. The van der Waals surface area contributed by atoms with Gasteiger partial charge in [0.15, 0.2) is 8.68 Å². The summed E-state index contributed by atoms with van der Waals surface area (Å²) in [5.41, 5.74) is 2.15. The molecule has 0 aliphatic rings. The number of nitrogens with zero attached hydrogens (tertiary/aromatic N) is 2. The Bertz CT molecular complexity index is 869. The van der Waals surface area contributed by atoms with Gasteiger partial charge in [-0.2, -0.15) is 0 Å². The molecular weight excluding hydrogens is 429 g/mol. The normalized spacial score (nSPS) is 11.6. The van der Waals surface area contributed by atoms with Crippen LogP contribution in [0.15, 0.2) is 57.2 Å². The number of rotatable bonds is 11. The Balaban J connectivity index is 1.03. The molecule has 146 valence electrons. The van der Waals surface area contributed by atoms with Crippen molar-refractivity contribution in [3.8, 4) is 0 Å². The van der Waals surface area contributed by atoms with Gasteiger partial charge in [-0.15, -0.1) is 22.7 Å². The van der Waals surface area contributed by atoms with E-state index in [9.17, 15) is 0 Å². The summed E-state index contributed by atoms with van der Waals surface area (Å²) >= 11 is 6.98. The standard InChI is InChI=1S/C20H20N2O2S4/c1-3-7-17-15(5-1)21-19(27-17)25-13-11-23-9-10-24-12-14-26-20-22-16-6-2-4-8-18(16)28-20/h1-8H,9-14H2. The van der Waals surface area contributed by atoms with Crippen molar-refractivity contribution in [3.05, 3.63) is 48.5 Å². The molecule has 2 aromatic heterocycles. The molecule has 4 aromatic rings. The minimum absolute atomic E-state index is 0.631. The van der Waals surface area contributed by atoms with E-state index in [1.165, 1.54) is 9.40 Å². The molecule has 0 aliphatic carbocycles. The Morgan fingerprint density at radius 1 is 0.643 bits per heavy atom. The largest absolute Gasteiger partial charge is 0.378 e. The molecule has 0 amide bonds. The summed E-state index contributed by atoms with van der Waals surface area (Å²) in [5.74, 6) is 1.82. The van der Waals surface area contributed by atoms with Crippen LogP contribution in [0.1, 0.15) is 0 Å². The summed E-state index contributed by atoms with van der Waals surface area (Å²) < 4.78 is 16.0. The molecule has 2 heterocycles. The van der Waals surface area contributed by atoms with E-state index in [2.05, 4.69) is 46.4 Å². The number of fused-ring (bicyclic) bond motifs is 2. The van der Waals surface area contributed by atoms with Crippen LogP contribution in [0, 0.1) is 0 Å². The fourth-order valence-corrected chi connectivity index (χ4v) is 6.50. The SMILES string of the molecule is c1ccc2sc(SCCOCCOCCSc3nc4ccccc4s3)nc2c1. The topological polar surface area (TPSA) is 44.2 Å². The quantitative estimate of drug-likeness (QED) is 0.213. The van der Waals surface area contributed by atoms with Crippen molar-refractivity contribution in [1.29, 1.82) is 0 Å². The lowest BCUT2D eigenvalue weighted by Gasteiger charge is -2.04. The molecule has 0 aliphatic heterocycles. The van der Waals surface area contributed by atoms with Gasteiger partial charge < -0.3 is 9.47 Å². The zero-order chi connectivity index (χ0) is 19.0. The molecule has 8 heteroatoms. The fraction of sp³-hybridized carbons (Fsp3) is 0.300. The van der Waals surface area contributed by atoms with Gasteiger partial charge in [0.05, 0.1) is 46.9 Å². The molecule has 28 heavy (non-hydrogen) atoms. The highest BCUT2D eigenvalue weighted by Gasteiger charge is 2.04. The molecule has 0 N–H and O–H groups in total. The number of para-hydroxylation sites is 2. The highest BCUT2D eigenvalue weighted by molar-refractivity contribution is 8.01. The third kappa shape index (κ3) is 5.68. The van der Waals surface area contributed by atoms with Gasteiger partial charge >= 0.3 is 0 Å².